The van der Waals surface area contributed by atoms with Gasteiger partial charge in [0.15, 0.2) is 6.61 Å². The number of aromatic amines is 1. The third-order valence-corrected chi connectivity index (χ3v) is 4.69. The largest absolute Gasteiger partial charge is 0.484 e. The second-order valence-electron chi connectivity index (χ2n) is 5.72. The van der Waals surface area contributed by atoms with Crippen LogP contribution in [0.5, 0.6) is 5.75 Å². The van der Waals surface area contributed by atoms with Crippen LogP contribution in [0.2, 0.25) is 0 Å². The summed E-state index contributed by atoms with van der Waals surface area (Å²) in [5.74, 6) is 0.987. The highest BCUT2D eigenvalue weighted by atomic mass is 79.9. The molecule has 1 amide bonds. The predicted molar refractivity (Wildman–Crippen MR) is 96.9 cm³/mol. The lowest BCUT2D eigenvalue weighted by Crippen LogP contribution is -2.09. The van der Waals surface area contributed by atoms with Crippen molar-refractivity contribution >= 4 is 32.6 Å². The zero-order valence-corrected chi connectivity index (χ0v) is 15.1. The molecule has 0 bridgehead atoms. The normalized spacial score (nSPS) is 10.9. The molecule has 130 valence electrons. The van der Waals surface area contributed by atoms with Crippen molar-refractivity contribution in [2.75, 3.05) is 0 Å². The van der Waals surface area contributed by atoms with Crippen molar-refractivity contribution in [3.63, 3.8) is 0 Å². The Morgan fingerprint density at radius 3 is 2.88 bits per heavy atom. The monoisotopic (exact) mass is 403 g/mol. The van der Waals surface area contributed by atoms with Gasteiger partial charge >= 0.3 is 0 Å². The third kappa shape index (κ3) is 4.54. The van der Waals surface area contributed by atoms with Crippen LogP contribution < -0.4 is 10.5 Å². The number of nitrogens with one attached hydrogen (secondary N) is 1. The van der Waals surface area contributed by atoms with E-state index in [2.05, 4.69) is 54.8 Å². The molecule has 8 heteroatoms. The number of benzene rings is 2. The molecule has 7 nitrogen and oxygen atoms in total. The van der Waals surface area contributed by atoms with Crippen LogP contribution in [0.1, 0.15) is 30.7 Å². The van der Waals surface area contributed by atoms with E-state index in [9.17, 15) is 4.79 Å². The number of carbonyl (C=O) groups excluding carboxylic acids is 1. The van der Waals surface area contributed by atoms with Gasteiger partial charge < -0.3 is 10.5 Å². The van der Waals surface area contributed by atoms with Gasteiger partial charge in [-0.1, -0.05) is 29.5 Å². The van der Waals surface area contributed by atoms with Crippen LogP contribution in [0.25, 0.3) is 10.8 Å². The van der Waals surface area contributed by atoms with Crippen LogP contribution >= 0.6 is 15.9 Å². The molecule has 2 aromatic carbocycles. The molecule has 0 atom stereocenters. The third-order valence-electron chi connectivity index (χ3n) is 3.87. The average molecular weight is 404 g/mol. The first-order valence-electron chi connectivity index (χ1n) is 7.98. The van der Waals surface area contributed by atoms with Crippen LogP contribution in [0, 0.1) is 0 Å². The van der Waals surface area contributed by atoms with Gasteiger partial charge in [-0.15, -0.1) is 10.2 Å². The Morgan fingerprint density at radius 2 is 2.12 bits per heavy atom. The fourth-order valence-electron chi connectivity index (χ4n) is 2.60. The summed E-state index contributed by atoms with van der Waals surface area (Å²) in [4.78, 5) is 10.8. The SMILES string of the molecule is NC(=O)CCCCc1ccc2c(Br)c(OCc3nn[nH]n3)ccc2c1. The van der Waals surface area contributed by atoms with Gasteiger partial charge in [0, 0.05) is 6.42 Å². The van der Waals surface area contributed by atoms with Crippen molar-refractivity contribution in [2.24, 2.45) is 5.73 Å². The van der Waals surface area contributed by atoms with Crippen molar-refractivity contribution in [3.8, 4) is 5.75 Å². The molecule has 0 radical (unpaired) electrons. The maximum absolute atomic E-state index is 10.8. The number of primary amides is 1. The number of H-pyrrole nitrogens is 1. The van der Waals surface area contributed by atoms with Crippen molar-refractivity contribution < 1.29 is 9.53 Å². The Hall–Kier alpha value is -2.48. The van der Waals surface area contributed by atoms with Gasteiger partial charge in [0.1, 0.15) is 5.75 Å². The van der Waals surface area contributed by atoms with Crippen molar-refractivity contribution in [2.45, 2.75) is 32.3 Å². The summed E-state index contributed by atoms with van der Waals surface area (Å²) in [7, 11) is 0. The summed E-state index contributed by atoms with van der Waals surface area (Å²) < 4.78 is 6.64. The van der Waals surface area contributed by atoms with Crippen LogP contribution in [0.4, 0.5) is 0 Å². The number of aryl methyl sites for hydroxylation is 1. The van der Waals surface area contributed by atoms with Gasteiger partial charge in [-0.25, -0.2) is 0 Å². The minimum Gasteiger partial charge on any atom is -0.484 e. The first-order valence-corrected chi connectivity index (χ1v) is 8.77. The Morgan fingerprint density at radius 1 is 1.24 bits per heavy atom. The van der Waals surface area contributed by atoms with E-state index >= 15 is 0 Å². The van der Waals surface area contributed by atoms with Crippen molar-refractivity contribution in [3.05, 3.63) is 46.2 Å². The fourth-order valence-corrected chi connectivity index (χ4v) is 3.21. The Balaban J connectivity index is 1.69. The highest BCUT2D eigenvalue weighted by Crippen LogP contribution is 2.34. The molecular weight excluding hydrogens is 386 g/mol. The van der Waals surface area contributed by atoms with Gasteiger partial charge in [-0.2, -0.15) is 5.21 Å². The van der Waals surface area contributed by atoms with Gasteiger partial charge in [-0.05, 0) is 57.6 Å². The van der Waals surface area contributed by atoms with Gasteiger partial charge in [0.2, 0.25) is 11.7 Å². The minimum atomic E-state index is -0.240. The molecule has 1 heterocycles. The summed E-state index contributed by atoms with van der Waals surface area (Å²) in [6.07, 6.45) is 3.14. The topological polar surface area (TPSA) is 107 Å². The smallest absolute Gasteiger partial charge is 0.217 e. The molecule has 0 aliphatic rings. The highest BCUT2D eigenvalue weighted by Gasteiger charge is 2.09. The summed E-state index contributed by atoms with van der Waals surface area (Å²) in [6, 6.07) is 10.3. The number of nitrogens with zero attached hydrogens (tertiary/aromatic N) is 3. The number of fused-ring (bicyclic) bond motifs is 1. The molecule has 0 aliphatic heterocycles. The summed E-state index contributed by atoms with van der Waals surface area (Å²) in [5.41, 5.74) is 6.40. The zero-order valence-electron chi connectivity index (χ0n) is 13.5. The highest BCUT2D eigenvalue weighted by molar-refractivity contribution is 9.10. The number of tetrazole rings is 1. The van der Waals surface area contributed by atoms with Crippen molar-refractivity contribution in [1.82, 2.24) is 20.6 Å². The lowest BCUT2D eigenvalue weighted by molar-refractivity contribution is -0.118. The fraction of sp³-hybridized carbons (Fsp3) is 0.294. The summed E-state index contributed by atoms with van der Waals surface area (Å²) in [6.45, 7) is 0.249. The molecule has 25 heavy (non-hydrogen) atoms. The number of nitrogens with two attached hydrogens (primary N) is 1. The van der Waals surface area contributed by atoms with Crippen LogP contribution in [-0.4, -0.2) is 26.5 Å². The van der Waals surface area contributed by atoms with E-state index in [0.29, 0.717) is 12.2 Å². The summed E-state index contributed by atoms with van der Waals surface area (Å²) >= 11 is 3.61. The molecule has 0 aliphatic carbocycles. The lowest BCUT2D eigenvalue weighted by atomic mass is 10.0. The standard InChI is InChI=1S/C17H18BrN5O2/c18-17-13-7-5-11(3-1-2-4-15(19)24)9-12(13)6-8-14(17)25-10-16-20-22-23-21-16/h5-9H,1-4,10H2,(H2,19,24)(H,20,21,22,23). The molecule has 0 saturated heterocycles. The average Bonchev–Trinajstić information content (AvgIpc) is 3.11. The summed E-state index contributed by atoms with van der Waals surface area (Å²) in [5, 5.41) is 15.8. The van der Waals surface area contributed by atoms with Gasteiger partial charge in [0.05, 0.1) is 4.47 Å². The minimum absolute atomic E-state index is 0.240. The van der Waals surface area contributed by atoms with E-state index in [4.69, 9.17) is 10.5 Å². The van der Waals surface area contributed by atoms with E-state index in [1.54, 1.807) is 0 Å². The second kappa shape index (κ2) is 8.06. The number of hydrogen-bond acceptors (Lipinski definition) is 5. The Kier molecular flexibility index (Phi) is 5.60. The quantitative estimate of drug-likeness (QED) is 0.562. The van der Waals surface area contributed by atoms with Gasteiger partial charge in [-0.3, -0.25) is 4.79 Å². The molecule has 3 rings (SSSR count). The first-order chi connectivity index (χ1) is 12.1. The van der Waals surface area contributed by atoms with E-state index in [0.717, 1.165) is 40.3 Å². The van der Waals surface area contributed by atoms with E-state index in [-0.39, 0.29) is 12.5 Å². The number of aromatic nitrogens is 4. The maximum Gasteiger partial charge on any atom is 0.217 e. The predicted octanol–water partition coefficient (Wildman–Crippen LogP) is 2.89. The number of unbranched alkanes of at least 4 members (excludes halogenated alkanes) is 1. The number of carbonyl (C=O) groups is 1. The van der Waals surface area contributed by atoms with E-state index in [1.165, 1.54) is 5.56 Å². The Bertz CT molecular complexity index is 867. The molecule has 1 aromatic heterocycles. The van der Waals surface area contributed by atoms with E-state index in [1.807, 2.05) is 12.1 Å². The molecule has 0 spiro atoms. The van der Waals surface area contributed by atoms with Gasteiger partial charge in [0.25, 0.3) is 0 Å². The number of hydrogen-bond donors (Lipinski definition) is 2. The molecule has 3 N–H and O–H groups in total. The number of halogens is 1. The zero-order chi connectivity index (χ0) is 17.6. The number of rotatable bonds is 8. The molecule has 0 unspecified atom stereocenters. The molecule has 0 saturated carbocycles. The number of amides is 1. The van der Waals surface area contributed by atoms with Crippen LogP contribution in [0.3, 0.4) is 0 Å². The molecule has 3 aromatic rings. The first kappa shape index (κ1) is 17.3. The van der Waals surface area contributed by atoms with Crippen LogP contribution in [0.15, 0.2) is 34.8 Å². The second-order valence-corrected chi connectivity index (χ2v) is 6.52. The van der Waals surface area contributed by atoms with E-state index < -0.39 is 0 Å². The van der Waals surface area contributed by atoms with Crippen LogP contribution in [-0.2, 0) is 17.8 Å². The number of ether oxygens (including phenoxy) is 1. The lowest BCUT2D eigenvalue weighted by Gasteiger charge is -2.10. The molecular formula is C17H18BrN5O2. The Labute approximate surface area is 153 Å². The maximum atomic E-state index is 10.8. The molecule has 0 fully saturated rings. The van der Waals surface area contributed by atoms with Crippen molar-refractivity contribution in [1.29, 1.82) is 0 Å².